The average Bonchev–Trinajstić information content (AvgIpc) is 2.93. The van der Waals surface area contributed by atoms with Crippen LogP contribution in [-0.4, -0.2) is 37.3 Å². The number of imidazole rings is 1. The molecule has 0 radical (unpaired) electrons. The third-order valence-corrected chi connectivity index (χ3v) is 3.42. The molecule has 0 aliphatic carbocycles. The molecule has 96 valence electrons. The standard InChI is InChI=1S/C11H15N5O2/c1-6-2-8(18-7(6)3-17)16-5-15-9-10(12)13-4-14-11(9)16/h4-8,17H,2-3H2,1H3,(H2,12,13,14)/t6-,7-,8-/m1/s1. The number of aliphatic hydroxyl groups is 1. The molecule has 7 nitrogen and oxygen atoms in total. The summed E-state index contributed by atoms with van der Waals surface area (Å²) in [5, 5.41) is 9.21. The molecule has 0 unspecified atom stereocenters. The van der Waals surface area contributed by atoms with Gasteiger partial charge >= 0.3 is 0 Å². The number of nitrogens with zero attached hydrogens (tertiary/aromatic N) is 4. The van der Waals surface area contributed by atoms with E-state index in [4.69, 9.17) is 10.5 Å². The summed E-state index contributed by atoms with van der Waals surface area (Å²) in [6.07, 6.45) is 3.61. The fourth-order valence-corrected chi connectivity index (χ4v) is 2.34. The Morgan fingerprint density at radius 3 is 3.06 bits per heavy atom. The number of ether oxygens (including phenoxy) is 1. The maximum Gasteiger partial charge on any atom is 0.167 e. The van der Waals surface area contributed by atoms with E-state index in [-0.39, 0.29) is 18.9 Å². The van der Waals surface area contributed by atoms with Crippen LogP contribution in [0, 0.1) is 5.92 Å². The highest BCUT2D eigenvalue weighted by atomic mass is 16.5. The third-order valence-electron chi connectivity index (χ3n) is 3.42. The molecule has 7 heteroatoms. The molecule has 0 aromatic carbocycles. The minimum absolute atomic E-state index is 0.0292. The van der Waals surface area contributed by atoms with E-state index < -0.39 is 0 Å². The molecule has 2 aromatic heterocycles. The minimum atomic E-state index is -0.156. The van der Waals surface area contributed by atoms with Crippen molar-refractivity contribution in [1.82, 2.24) is 19.5 Å². The van der Waals surface area contributed by atoms with Crippen LogP contribution in [0.4, 0.5) is 5.82 Å². The van der Waals surface area contributed by atoms with Crippen molar-refractivity contribution in [2.45, 2.75) is 25.7 Å². The molecule has 0 spiro atoms. The number of anilines is 1. The number of rotatable bonds is 2. The van der Waals surface area contributed by atoms with Crippen LogP contribution >= 0.6 is 0 Å². The largest absolute Gasteiger partial charge is 0.394 e. The third kappa shape index (κ3) is 1.63. The van der Waals surface area contributed by atoms with Gasteiger partial charge in [0.25, 0.3) is 0 Å². The second-order valence-electron chi connectivity index (χ2n) is 4.61. The first-order valence-corrected chi connectivity index (χ1v) is 5.90. The Bertz CT molecular complexity index is 570. The Labute approximate surface area is 104 Å². The van der Waals surface area contributed by atoms with Crippen LogP contribution in [-0.2, 0) is 4.74 Å². The molecule has 3 atom stereocenters. The average molecular weight is 249 g/mol. The zero-order chi connectivity index (χ0) is 12.7. The zero-order valence-electron chi connectivity index (χ0n) is 10.0. The van der Waals surface area contributed by atoms with Crippen LogP contribution in [0.2, 0.25) is 0 Å². The van der Waals surface area contributed by atoms with E-state index in [1.165, 1.54) is 6.33 Å². The van der Waals surface area contributed by atoms with Crippen LogP contribution in [0.1, 0.15) is 19.6 Å². The van der Waals surface area contributed by atoms with Crippen molar-refractivity contribution in [3.05, 3.63) is 12.7 Å². The molecule has 1 aliphatic rings. The van der Waals surface area contributed by atoms with Gasteiger partial charge < -0.3 is 15.6 Å². The maximum atomic E-state index is 9.21. The van der Waals surface area contributed by atoms with Gasteiger partial charge in [-0.05, 0) is 12.3 Å². The van der Waals surface area contributed by atoms with Gasteiger partial charge in [-0.1, -0.05) is 6.92 Å². The van der Waals surface area contributed by atoms with Gasteiger partial charge in [0.1, 0.15) is 18.1 Å². The number of nitrogen functional groups attached to an aromatic ring is 1. The fourth-order valence-electron chi connectivity index (χ4n) is 2.34. The second-order valence-corrected chi connectivity index (χ2v) is 4.61. The Morgan fingerprint density at radius 1 is 1.50 bits per heavy atom. The summed E-state index contributed by atoms with van der Waals surface area (Å²) in [6.45, 7) is 2.09. The molecule has 0 amide bonds. The lowest BCUT2D eigenvalue weighted by molar-refractivity contribution is -0.0277. The quantitative estimate of drug-likeness (QED) is 0.795. The summed E-state index contributed by atoms with van der Waals surface area (Å²) < 4.78 is 7.63. The van der Waals surface area contributed by atoms with Gasteiger partial charge in [-0.15, -0.1) is 0 Å². The zero-order valence-corrected chi connectivity index (χ0v) is 10.0. The van der Waals surface area contributed by atoms with Crippen LogP contribution in [0.15, 0.2) is 12.7 Å². The van der Waals surface area contributed by atoms with Crippen molar-refractivity contribution in [1.29, 1.82) is 0 Å². The number of aromatic nitrogens is 4. The summed E-state index contributed by atoms with van der Waals surface area (Å²) >= 11 is 0. The fraction of sp³-hybridized carbons (Fsp3) is 0.545. The lowest BCUT2D eigenvalue weighted by atomic mass is 10.0. The number of nitrogens with two attached hydrogens (primary N) is 1. The van der Waals surface area contributed by atoms with Gasteiger partial charge in [-0.2, -0.15) is 0 Å². The van der Waals surface area contributed by atoms with Crippen molar-refractivity contribution < 1.29 is 9.84 Å². The molecule has 1 aliphatic heterocycles. The summed E-state index contributed by atoms with van der Waals surface area (Å²) in [5.41, 5.74) is 6.99. The number of hydrogen-bond acceptors (Lipinski definition) is 6. The van der Waals surface area contributed by atoms with E-state index >= 15 is 0 Å². The highest BCUT2D eigenvalue weighted by molar-refractivity contribution is 5.81. The predicted octanol–water partition coefficient (Wildman–Crippen LogP) is 0.324. The van der Waals surface area contributed by atoms with E-state index in [0.29, 0.717) is 22.9 Å². The first-order chi connectivity index (χ1) is 8.70. The Kier molecular flexibility index (Phi) is 2.64. The van der Waals surface area contributed by atoms with Crippen LogP contribution in [0.5, 0.6) is 0 Å². The first-order valence-electron chi connectivity index (χ1n) is 5.90. The van der Waals surface area contributed by atoms with Gasteiger partial charge in [-0.3, -0.25) is 4.57 Å². The van der Waals surface area contributed by atoms with Crippen molar-refractivity contribution in [2.24, 2.45) is 5.92 Å². The molecular formula is C11H15N5O2. The van der Waals surface area contributed by atoms with E-state index in [0.717, 1.165) is 6.42 Å². The minimum Gasteiger partial charge on any atom is -0.394 e. The summed E-state index contributed by atoms with van der Waals surface area (Å²) in [7, 11) is 0. The van der Waals surface area contributed by atoms with Gasteiger partial charge in [0.05, 0.1) is 19.0 Å². The van der Waals surface area contributed by atoms with E-state index in [1.54, 1.807) is 6.33 Å². The van der Waals surface area contributed by atoms with Gasteiger partial charge in [0, 0.05) is 0 Å². The predicted molar refractivity (Wildman–Crippen MR) is 64.5 cm³/mol. The normalized spacial score (nSPS) is 28.0. The lowest BCUT2D eigenvalue weighted by Crippen LogP contribution is -2.18. The van der Waals surface area contributed by atoms with Gasteiger partial charge in [0.15, 0.2) is 11.5 Å². The lowest BCUT2D eigenvalue weighted by Gasteiger charge is -2.13. The van der Waals surface area contributed by atoms with Crippen molar-refractivity contribution in [3.8, 4) is 0 Å². The van der Waals surface area contributed by atoms with Crippen LogP contribution < -0.4 is 5.73 Å². The van der Waals surface area contributed by atoms with Crippen LogP contribution in [0.25, 0.3) is 11.2 Å². The molecule has 3 rings (SSSR count). The first kappa shape index (κ1) is 11.4. The Hall–Kier alpha value is -1.73. The van der Waals surface area contributed by atoms with E-state index in [2.05, 4.69) is 21.9 Å². The van der Waals surface area contributed by atoms with E-state index in [1.807, 2.05) is 4.57 Å². The number of hydrogen-bond donors (Lipinski definition) is 2. The SMILES string of the molecule is C[C@@H]1C[C@H](n2cnc3c(N)ncnc32)O[C@@H]1CO. The van der Waals surface area contributed by atoms with E-state index in [9.17, 15) is 5.11 Å². The monoisotopic (exact) mass is 249 g/mol. The number of fused-ring (bicyclic) bond motifs is 1. The molecule has 3 heterocycles. The summed E-state index contributed by atoms with van der Waals surface area (Å²) in [5.74, 6) is 0.667. The summed E-state index contributed by atoms with van der Waals surface area (Å²) in [4.78, 5) is 12.3. The molecular weight excluding hydrogens is 234 g/mol. The highest BCUT2D eigenvalue weighted by Crippen LogP contribution is 2.34. The molecule has 0 saturated carbocycles. The maximum absolute atomic E-state index is 9.21. The number of aliphatic hydroxyl groups excluding tert-OH is 1. The highest BCUT2D eigenvalue weighted by Gasteiger charge is 2.33. The van der Waals surface area contributed by atoms with Crippen molar-refractivity contribution >= 4 is 17.0 Å². The molecule has 0 bridgehead atoms. The van der Waals surface area contributed by atoms with Gasteiger partial charge in [-0.25, -0.2) is 15.0 Å². The molecule has 1 saturated heterocycles. The second kappa shape index (κ2) is 4.18. The van der Waals surface area contributed by atoms with Crippen molar-refractivity contribution in [2.75, 3.05) is 12.3 Å². The smallest absolute Gasteiger partial charge is 0.167 e. The molecule has 2 aromatic rings. The van der Waals surface area contributed by atoms with Gasteiger partial charge in [0.2, 0.25) is 0 Å². The Balaban J connectivity index is 1.99. The summed E-state index contributed by atoms with van der Waals surface area (Å²) in [6, 6.07) is 0. The molecule has 3 N–H and O–H groups in total. The molecule has 1 fully saturated rings. The van der Waals surface area contributed by atoms with Crippen LogP contribution in [0.3, 0.4) is 0 Å². The topological polar surface area (TPSA) is 99.1 Å². The van der Waals surface area contributed by atoms with Crippen molar-refractivity contribution in [3.63, 3.8) is 0 Å². The molecule has 18 heavy (non-hydrogen) atoms. The Morgan fingerprint density at radius 2 is 2.33 bits per heavy atom.